The van der Waals surface area contributed by atoms with Crippen molar-refractivity contribution in [2.24, 2.45) is 0 Å². The number of nitriles is 1. The zero-order valence-corrected chi connectivity index (χ0v) is 20.0. The summed E-state index contributed by atoms with van der Waals surface area (Å²) in [6, 6.07) is 15.6. The second kappa shape index (κ2) is 11.2. The van der Waals surface area contributed by atoms with Gasteiger partial charge >= 0.3 is 0 Å². The fourth-order valence-electron chi connectivity index (χ4n) is 2.78. The molecule has 172 valence electrons. The normalized spacial score (nSPS) is 11.0. The molecule has 0 atom stereocenters. The molecule has 0 aliphatic heterocycles. The lowest BCUT2D eigenvalue weighted by Crippen LogP contribution is -2.13. The molecule has 0 aromatic heterocycles. The zero-order chi connectivity index (χ0) is 24.8. The number of carbonyl (C=O) groups excluding carboxylic acids is 1. The smallest absolute Gasteiger partial charge is 0.289 e. The quantitative estimate of drug-likeness (QED) is 0.147. The topological polar surface area (TPSA) is 105 Å². The third-order valence-electron chi connectivity index (χ3n) is 4.39. The first-order valence-electron chi connectivity index (χ1n) is 9.41. The van der Waals surface area contributed by atoms with Crippen LogP contribution >= 0.6 is 46.4 Å². The SMILES string of the molecule is N#C/C(=C\c1cc(Cl)c(OCc2ccc(Cl)cc2)c(Cl)c1)C(=O)Nc1ccc(Cl)c([N+](=O)[O-])c1. The summed E-state index contributed by atoms with van der Waals surface area (Å²) in [5.41, 5.74) is 0.674. The Balaban J connectivity index is 1.78. The van der Waals surface area contributed by atoms with Crippen LogP contribution in [0.25, 0.3) is 6.08 Å². The second-order valence-electron chi connectivity index (χ2n) is 6.78. The van der Waals surface area contributed by atoms with Crippen molar-refractivity contribution in [1.29, 1.82) is 5.26 Å². The van der Waals surface area contributed by atoms with Gasteiger partial charge in [-0.05, 0) is 53.6 Å². The van der Waals surface area contributed by atoms with Crippen molar-refractivity contribution in [2.45, 2.75) is 6.61 Å². The van der Waals surface area contributed by atoms with Crippen molar-refractivity contribution < 1.29 is 14.5 Å². The van der Waals surface area contributed by atoms with Gasteiger partial charge in [0.25, 0.3) is 11.6 Å². The molecule has 0 saturated heterocycles. The van der Waals surface area contributed by atoms with E-state index in [0.29, 0.717) is 10.6 Å². The molecule has 0 aliphatic carbocycles. The Morgan fingerprint density at radius 1 is 1.03 bits per heavy atom. The van der Waals surface area contributed by atoms with E-state index < -0.39 is 10.8 Å². The van der Waals surface area contributed by atoms with Crippen molar-refractivity contribution in [3.8, 4) is 11.8 Å². The van der Waals surface area contributed by atoms with Gasteiger partial charge in [-0.25, -0.2) is 0 Å². The number of amides is 1. The molecule has 1 N–H and O–H groups in total. The Morgan fingerprint density at radius 2 is 1.68 bits per heavy atom. The molecule has 0 heterocycles. The predicted octanol–water partition coefficient (Wildman–Crippen LogP) is 7.33. The third-order valence-corrected chi connectivity index (χ3v) is 5.53. The molecule has 7 nitrogen and oxygen atoms in total. The number of hydrogen-bond donors (Lipinski definition) is 1. The number of hydrogen-bond acceptors (Lipinski definition) is 5. The maximum Gasteiger partial charge on any atom is 0.289 e. The average molecular weight is 537 g/mol. The van der Waals surface area contributed by atoms with E-state index in [1.165, 1.54) is 30.3 Å². The van der Waals surface area contributed by atoms with Crippen LogP contribution in [0.2, 0.25) is 20.1 Å². The summed E-state index contributed by atoms with van der Waals surface area (Å²) in [7, 11) is 0. The Labute approximate surface area is 214 Å². The summed E-state index contributed by atoms with van der Waals surface area (Å²) in [4.78, 5) is 22.9. The first-order valence-corrected chi connectivity index (χ1v) is 10.9. The van der Waals surface area contributed by atoms with Gasteiger partial charge in [0.2, 0.25) is 0 Å². The number of nitrogens with one attached hydrogen (secondary N) is 1. The third kappa shape index (κ3) is 6.40. The Kier molecular flexibility index (Phi) is 8.37. The molecule has 3 aromatic carbocycles. The van der Waals surface area contributed by atoms with E-state index in [4.69, 9.17) is 51.1 Å². The summed E-state index contributed by atoms with van der Waals surface area (Å²) in [5.74, 6) is -0.540. The first kappa shape index (κ1) is 25.3. The van der Waals surface area contributed by atoms with Gasteiger partial charge in [-0.2, -0.15) is 5.26 Å². The van der Waals surface area contributed by atoms with Crippen molar-refractivity contribution in [3.05, 3.63) is 102 Å². The van der Waals surface area contributed by atoms with Gasteiger partial charge in [0.15, 0.2) is 5.75 Å². The van der Waals surface area contributed by atoms with Crippen LogP contribution in [-0.4, -0.2) is 10.8 Å². The summed E-state index contributed by atoms with van der Waals surface area (Å²) < 4.78 is 5.71. The van der Waals surface area contributed by atoms with E-state index in [1.54, 1.807) is 30.3 Å². The highest BCUT2D eigenvalue weighted by Crippen LogP contribution is 2.35. The number of nitro groups is 1. The maximum absolute atomic E-state index is 12.5. The zero-order valence-electron chi connectivity index (χ0n) is 17.0. The Hall–Kier alpha value is -3.28. The van der Waals surface area contributed by atoms with Crippen LogP contribution in [0.1, 0.15) is 11.1 Å². The first-order chi connectivity index (χ1) is 16.2. The van der Waals surface area contributed by atoms with E-state index in [1.807, 2.05) is 0 Å². The largest absolute Gasteiger partial charge is 0.486 e. The molecule has 0 fully saturated rings. The molecular weight excluding hydrogens is 524 g/mol. The van der Waals surface area contributed by atoms with Crippen LogP contribution in [-0.2, 0) is 11.4 Å². The minimum absolute atomic E-state index is 0.0818. The minimum Gasteiger partial charge on any atom is -0.486 e. The monoisotopic (exact) mass is 535 g/mol. The lowest BCUT2D eigenvalue weighted by Gasteiger charge is -2.11. The summed E-state index contributed by atoms with van der Waals surface area (Å²) in [5, 5.41) is 23.8. The van der Waals surface area contributed by atoms with E-state index in [0.717, 1.165) is 11.6 Å². The number of anilines is 1. The number of ether oxygens (including phenoxy) is 1. The number of benzene rings is 3. The number of halogens is 4. The van der Waals surface area contributed by atoms with Crippen molar-refractivity contribution in [3.63, 3.8) is 0 Å². The lowest BCUT2D eigenvalue weighted by molar-refractivity contribution is -0.384. The maximum atomic E-state index is 12.5. The van der Waals surface area contributed by atoms with Crippen LogP contribution in [0.4, 0.5) is 11.4 Å². The van der Waals surface area contributed by atoms with E-state index in [-0.39, 0.29) is 44.4 Å². The highest BCUT2D eigenvalue weighted by atomic mass is 35.5. The summed E-state index contributed by atoms with van der Waals surface area (Å²) in [6.07, 6.45) is 1.28. The number of nitrogens with zero attached hydrogens (tertiary/aromatic N) is 2. The van der Waals surface area contributed by atoms with Crippen LogP contribution < -0.4 is 10.1 Å². The van der Waals surface area contributed by atoms with Crippen LogP contribution in [0.15, 0.2) is 60.2 Å². The molecule has 11 heteroatoms. The standard InChI is InChI=1S/C23H13Cl4N3O4/c24-16-3-1-13(2-4-16)12-34-22-19(26)8-14(9-20(22)27)7-15(11-28)23(31)29-17-5-6-18(25)21(10-17)30(32)33/h1-10H,12H2,(H,29,31)/b15-7+. The molecule has 0 aliphatic rings. The molecular formula is C23H13Cl4N3O4. The summed E-state index contributed by atoms with van der Waals surface area (Å²) >= 11 is 24.3. The van der Waals surface area contributed by atoms with Gasteiger partial charge in [0.05, 0.1) is 15.0 Å². The van der Waals surface area contributed by atoms with Gasteiger partial charge in [0, 0.05) is 16.8 Å². The number of nitro benzene ring substituents is 1. The van der Waals surface area contributed by atoms with Gasteiger partial charge in [-0.1, -0.05) is 58.5 Å². The fraction of sp³-hybridized carbons (Fsp3) is 0.0435. The van der Waals surface area contributed by atoms with Gasteiger partial charge in [-0.15, -0.1) is 0 Å². The number of carbonyl (C=O) groups is 1. The molecule has 1 amide bonds. The van der Waals surface area contributed by atoms with E-state index >= 15 is 0 Å². The molecule has 0 bridgehead atoms. The highest BCUT2D eigenvalue weighted by molar-refractivity contribution is 6.37. The van der Waals surface area contributed by atoms with Crippen molar-refractivity contribution in [2.75, 3.05) is 5.32 Å². The Bertz CT molecular complexity index is 1310. The molecule has 0 unspecified atom stereocenters. The van der Waals surface area contributed by atoms with Crippen LogP contribution in [0.3, 0.4) is 0 Å². The van der Waals surface area contributed by atoms with Gasteiger partial charge < -0.3 is 10.1 Å². The number of rotatable bonds is 7. The van der Waals surface area contributed by atoms with Crippen molar-refractivity contribution in [1.82, 2.24) is 0 Å². The highest BCUT2D eigenvalue weighted by Gasteiger charge is 2.16. The molecule has 0 radical (unpaired) electrons. The molecule has 0 saturated carbocycles. The van der Waals surface area contributed by atoms with Crippen LogP contribution in [0, 0.1) is 21.4 Å². The van der Waals surface area contributed by atoms with E-state index in [9.17, 15) is 20.2 Å². The van der Waals surface area contributed by atoms with Gasteiger partial charge in [0.1, 0.15) is 23.3 Å². The molecule has 3 rings (SSSR count). The molecule has 0 spiro atoms. The summed E-state index contributed by atoms with van der Waals surface area (Å²) in [6.45, 7) is 0.199. The second-order valence-corrected chi connectivity index (χ2v) is 8.43. The van der Waals surface area contributed by atoms with Crippen LogP contribution in [0.5, 0.6) is 5.75 Å². The van der Waals surface area contributed by atoms with E-state index in [2.05, 4.69) is 5.32 Å². The average Bonchev–Trinajstić information content (AvgIpc) is 2.79. The van der Waals surface area contributed by atoms with Crippen molar-refractivity contribution >= 4 is 69.8 Å². The minimum atomic E-state index is -0.783. The molecule has 3 aromatic rings. The Morgan fingerprint density at radius 3 is 2.26 bits per heavy atom. The molecule has 34 heavy (non-hydrogen) atoms. The van der Waals surface area contributed by atoms with Gasteiger partial charge in [-0.3, -0.25) is 14.9 Å². The predicted molar refractivity (Wildman–Crippen MR) is 133 cm³/mol. The lowest BCUT2D eigenvalue weighted by atomic mass is 10.1. The fourth-order valence-corrected chi connectivity index (χ4v) is 3.71.